The number of carbonyl (C=O) groups excluding carboxylic acids is 1. The Morgan fingerprint density at radius 2 is 2.20 bits per heavy atom. The highest BCUT2D eigenvalue weighted by atomic mass is 16.6. The fourth-order valence-corrected chi connectivity index (χ4v) is 3.13. The van der Waals surface area contributed by atoms with E-state index in [0.717, 1.165) is 30.7 Å². The number of aromatic nitrogens is 1. The molecule has 1 saturated heterocycles. The van der Waals surface area contributed by atoms with E-state index in [1.165, 1.54) is 0 Å². The van der Waals surface area contributed by atoms with E-state index in [0.29, 0.717) is 19.1 Å². The minimum Gasteiger partial charge on any atom is -0.492 e. The summed E-state index contributed by atoms with van der Waals surface area (Å²) in [5.41, 5.74) is 0.624. The number of likely N-dealkylation sites (tertiary alicyclic amines) is 1. The zero-order valence-corrected chi connectivity index (χ0v) is 16.0. The minimum atomic E-state index is -0.466. The molecule has 1 aromatic rings. The predicted molar refractivity (Wildman–Crippen MR) is 97.7 cm³/mol. The molecule has 1 aromatic heterocycles. The van der Waals surface area contributed by atoms with Crippen LogP contribution in [-0.4, -0.2) is 48.3 Å². The van der Waals surface area contributed by atoms with E-state index >= 15 is 0 Å². The van der Waals surface area contributed by atoms with Crippen molar-refractivity contribution in [3.63, 3.8) is 0 Å². The van der Waals surface area contributed by atoms with Crippen LogP contribution >= 0.6 is 0 Å². The van der Waals surface area contributed by atoms with Crippen LogP contribution in [0.5, 0.6) is 5.75 Å². The summed E-state index contributed by atoms with van der Waals surface area (Å²) in [5, 5.41) is 3.38. The van der Waals surface area contributed by atoms with Crippen LogP contribution in [-0.2, 0) is 4.74 Å². The molecule has 25 heavy (non-hydrogen) atoms. The Balaban J connectivity index is 2.03. The molecule has 140 valence electrons. The monoisotopic (exact) mass is 349 g/mol. The molecule has 2 unspecified atom stereocenters. The molecule has 2 rings (SSSR count). The smallest absolute Gasteiger partial charge is 0.410 e. The number of pyridine rings is 1. The number of rotatable bonds is 6. The van der Waals surface area contributed by atoms with Crippen molar-refractivity contribution in [3.05, 3.63) is 24.0 Å². The fourth-order valence-electron chi connectivity index (χ4n) is 3.13. The third-order valence-corrected chi connectivity index (χ3v) is 4.23. The SMILES string of the molecule is CCCOc1cncc(C(NC)C2CCN(C(=O)OC(C)(C)C)C2)c1. The number of hydrogen-bond donors (Lipinski definition) is 1. The normalized spacial score (nSPS) is 18.9. The van der Waals surface area contributed by atoms with E-state index in [1.807, 2.05) is 40.1 Å². The summed E-state index contributed by atoms with van der Waals surface area (Å²) in [6, 6.07) is 2.17. The molecule has 0 saturated carbocycles. The van der Waals surface area contributed by atoms with Gasteiger partial charge in [-0.3, -0.25) is 4.98 Å². The Hall–Kier alpha value is -1.82. The maximum absolute atomic E-state index is 12.3. The van der Waals surface area contributed by atoms with Crippen molar-refractivity contribution in [2.24, 2.45) is 5.92 Å². The maximum atomic E-state index is 12.3. The lowest BCUT2D eigenvalue weighted by molar-refractivity contribution is 0.0285. The second kappa shape index (κ2) is 8.52. The third-order valence-electron chi connectivity index (χ3n) is 4.23. The molecule has 2 heterocycles. The molecule has 0 radical (unpaired) electrons. The van der Waals surface area contributed by atoms with E-state index in [9.17, 15) is 4.79 Å². The lowest BCUT2D eigenvalue weighted by Gasteiger charge is -2.26. The number of nitrogens with one attached hydrogen (secondary N) is 1. The van der Waals surface area contributed by atoms with Gasteiger partial charge in [0.1, 0.15) is 11.4 Å². The topological polar surface area (TPSA) is 63.7 Å². The predicted octanol–water partition coefficient (Wildman–Crippen LogP) is 3.39. The summed E-state index contributed by atoms with van der Waals surface area (Å²) in [6.07, 6.45) is 5.28. The zero-order chi connectivity index (χ0) is 18.4. The second-order valence-corrected chi connectivity index (χ2v) is 7.54. The molecule has 1 N–H and O–H groups in total. The van der Waals surface area contributed by atoms with Crippen LogP contribution in [0.4, 0.5) is 4.79 Å². The lowest BCUT2D eigenvalue weighted by atomic mass is 9.93. The van der Waals surface area contributed by atoms with Gasteiger partial charge in [-0.05, 0) is 58.2 Å². The van der Waals surface area contributed by atoms with Gasteiger partial charge in [0.2, 0.25) is 0 Å². The molecule has 1 aliphatic rings. The molecular weight excluding hydrogens is 318 g/mol. The second-order valence-electron chi connectivity index (χ2n) is 7.54. The highest BCUT2D eigenvalue weighted by Crippen LogP contribution is 2.31. The van der Waals surface area contributed by atoms with Gasteiger partial charge in [0.25, 0.3) is 0 Å². The Morgan fingerprint density at radius 3 is 2.84 bits per heavy atom. The van der Waals surface area contributed by atoms with Crippen molar-refractivity contribution >= 4 is 6.09 Å². The molecule has 0 aromatic carbocycles. The van der Waals surface area contributed by atoms with Crippen LogP contribution in [0.3, 0.4) is 0 Å². The number of ether oxygens (including phenoxy) is 2. The maximum Gasteiger partial charge on any atom is 0.410 e. The molecule has 6 heteroatoms. The van der Waals surface area contributed by atoms with Crippen LogP contribution in [0.2, 0.25) is 0 Å². The van der Waals surface area contributed by atoms with Crippen molar-refractivity contribution in [3.8, 4) is 5.75 Å². The first-order valence-electron chi connectivity index (χ1n) is 9.07. The molecule has 0 spiro atoms. The summed E-state index contributed by atoms with van der Waals surface area (Å²) >= 11 is 0. The molecule has 0 aliphatic carbocycles. The van der Waals surface area contributed by atoms with Gasteiger partial charge in [-0.2, -0.15) is 0 Å². The van der Waals surface area contributed by atoms with E-state index in [4.69, 9.17) is 9.47 Å². The Morgan fingerprint density at radius 1 is 1.44 bits per heavy atom. The number of nitrogens with zero attached hydrogens (tertiary/aromatic N) is 2. The number of hydrogen-bond acceptors (Lipinski definition) is 5. The van der Waals surface area contributed by atoms with E-state index in [2.05, 4.69) is 17.2 Å². The quantitative estimate of drug-likeness (QED) is 0.853. The Kier molecular flexibility index (Phi) is 6.64. The van der Waals surface area contributed by atoms with Gasteiger partial charge in [-0.1, -0.05) is 6.92 Å². The van der Waals surface area contributed by atoms with Crippen molar-refractivity contribution in [2.45, 2.75) is 52.2 Å². The average molecular weight is 349 g/mol. The number of carbonyl (C=O) groups is 1. The van der Waals surface area contributed by atoms with Crippen molar-refractivity contribution in [1.82, 2.24) is 15.2 Å². The summed E-state index contributed by atoms with van der Waals surface area (Å²) in [7, 11) is 1.94. The summed E-state index contributed by atoms with van der Waals surface area (Å²) in [5.74, 6) is 1.11. The largest absolute Gasteiger partial charge is 0.492 e. The Labute approximate surface area is 150 Å². The molecular formula is C19H31N3O3. The van der Waals surface area contributed by atoms with Gasteiger partial charge in [-0.15, -0.1) is 0 Å². The molecule has 0 bridgehead atoms. The summed E-state index contributed by atoms with van der Waals surface area (Å²) in [6.45, 7) is 9.84. The highest BCUT2D eigenvalue weighted by molar-refractivity contribution is 5.68. The Bertz CT molecular complexity index is 571. The highest BCUT2D eigenvalue weighted by Gasteiger charge is 2.34. The average Bonchev–Trinajstić information content (AvgIpc) is 3.02. The first-order chi connectivity index (χ1) is 11.8. The van der Waals surface area contributed by atoms with Crippen molar-refractivity contribution < 1.29 is 14.3 Å². The molecule has 6 nitrogen and oxygen atoms in total. The van der Waals surface area contributed by atoms with Gasteiger partial charge in [0.15, 0.2) is 0 Å². The number of amides is 1. The molecule has 1 aliphatic heterocycles. The van der Waals surface area contributed by atoms with E-state index in [1.54, 1.807) is 11.1 Å². The lowest BCUT2D eigenvalue weighted by Crippen LogP contribution is -2.36. The third kappa shape index (κ3) is 5.59. The standard InChI is InChI=1S/C19H31N3O3/c1-6-9-24-16-10-15(11-21-12-16)17(20-5)14-7-8-22(13-14)18(23)25-19(2,3)4/h10-12,14,17,20H,6-9,13H2,1-5H3. The van der Waals surface area contributed by atoms with Gasteiger partial charge < -0.3 is 19.7 Å². The zero-order valence-electron chi connectivity index (χ0n) is 16.0. The van der Waals surface area contributed by atoms with E-state index < -0.39 is 5.60 Å². The van der Waals surface area contributed by atoms with Gasteiger partial charge >= 0.3 is 6.09 Å². The molecule has 2 atom stereocenters. The summed E-state index contributed by atoms with van der Waals surface area (Å²) in [4.78, 5) is 18.4. The minimum absolute atomic E-state index is 0.130. The van der Waals surface area contributed by atoms with Crippen LogP contribution in [0.1, 0.15) is 52.1 Å². The van der Waals surface area contributed by atoms with Gasteiger partial charge in [-0.25, -0.2) is 4.79 Å². The molecule has 1 fully saturated rings. The van der Waals surface area contributed by atoms with Crippen LogP contribution in [0, 0.1) is 5.92 Å². The van der Waals surface area contributed by atoms with Crippen molar-refractivity contribution in [1.29, 1.82) is 0 Å². The fraction of sp³-hybridized carbons (Fsp3) is 0.684. The van der Waals surface area contributed by atoms with Crippen LogP contribution < -0.4 is 10.1 Å². The first kappa shape index (κ1) is 19.5. The molecule has 1 amide bonds. The van der Waals surface area contributed by atoms with Crippen molar-refractivity contribution in [2.75, 3.05) is 26.7 Å². The van der Waals surface area contributed by atoms with Crippen LogP contribution in [0.25, 0.3) is 0 Å². The van der Waals surface area contributed by atoms with Gasteiger partial charge in [0, 0.05) is 25.3 Å². The first-order valence-corrected chi connectivity index (χ1v) is 9.07. The summed E-state index contributed by atoms with van der Waals surface area (Å²) < 4.78 is 11.2. The van der Waals surface area contributed by atoms with Crippen LogP contribution in [0.15, 0.2) is 18.5 Å². The van der Waals surface area contributed by atoms with Gasteiger partial charge in [0.05, 0.1) is 12.8 Å². The van der Waals surface area contributed by atoms with E-state index in [-0.39, 0.29) is 12.1 Å².